The van der Waals surface area contributed by atoms with Crippen molar-refractivity contribution in [2.24, 2.45) is 0 Å². The van der Waals surface area contributed by atoms with Crippen molar-refractivity contribution in [3.05, 3.63) is 34.9 Å². The van der Waals surface area contributed by atoms with Crippen LogP contribution in [0.2, 0.25) is 5.22 Å². The molecule has 4 heteroatoms. The van der Waals surface area contributed by atoms with Crippen molar-refractivity contribution >= 4 is 11.6 Å². The molecule has 2 heterocycles. The average Bonchev–Trinajstić information content (AvgIpc) is 2.78. The highest BCUT2D eigenvalue weighted by Crippen LogP contribution is 2.28. The maximum Gasteiger partial charge on any atom is 0.193 e. The van der Waals surface area contributed by atoms with Crippen molar-refractivity contribution in [2.75, 3.05) is 13.2 Å². The minimum Gasteiger partial charge on any atom is -0.496 e. The molecular weight excluding hydrogens is 238 g/mol. The Kier molecular flexibility index (Phi) is 4.51. The van der Waals surface area contributed by atoms with Crippen LogP contribution in [-0.4, -0.2) is 13.2 Å². The van der Waals surface area contributed by atoms with Gasteiger partial charge in [0.15, 0.2) is 5.22 Å². The lowest BCUT2D eigenvalue weighted by Gasteiger charge is -2.23. The number of allylic oxidation sites excluding steroid dienone is 1. The van der Waals surface area contributed by atoms with Gasteiger partial charge in [0.25, 0.3) is 0 Å². The Morgan fingerprint density at radius 2 is 2.35 bits per heavy atom. The molecule has 1 unspecified atom stereocenters. The molecule has 1 aromatic heterocycles. The summed E-state index contributed by atoms with van der Waals surface area (Å²) in [5.74, 6) is 1.77. The predicted octanol–water partition coefficient (Wildman–Crippen LogP) is 3.67. The van der Waals surface area contributed by atoms with Crippen LogP contribution in [-0.2, 0) is 4.74 Å². The first kappa shape index (κ1) is 12.5. The van der Waals surface area contributed by atoms with E-state index in [2.05, 4.69) is 18.3 Å². The van der Waals surface area contributed by atoms with Crippen molar-refractivity contribution in [1.82, 2.24) is 5.32 Å². The van der Waals surface area contributed by atoms with Gasteiger partial charge in [0.05, 0.1) is 6.61 Å². The van der Waals surface area contributed by atoms with Crippen LogP contribution in [0.4, 0.5) is 0 Å². The average molecular weight is 256 g/mol. The molecule has 17 heavy (non-hydrogen) atoms. The van der Waals surface area contributed by atoms with Gasteiger partial charge in [-0.2, -0.15) is 0 Å². The lowest BCUT2D eigenvalue weighted by molar-refractivity contribution is 0.162. The molecule has 0 bridgehead atoms. The SMILES string of the molecule is CCCNC(C1=CCCCO1)c1ccc(Cl)o1. The van der Waals surface area contributed by atoms with Crippen molar-refractivity contribution in [3.8, 4) is 0 Å². The third-order valence-electron chi connectivity index (χ3n) is 2.72. The molecule has 0 spiro atoms. The quantitative estimate of drug-likeness (QED) is 0.872. The molecule has 1 aliphatic rings. The summed E-state index contributed by atoms with van der Waals surface area (Å²) in [6, 6.07) is 3.65. The smallest absolute Gasteiger partial charge is 0.193 e. The fourth-order valence-corrected chi connectivity index (χ4v) is 2.04. The Bertz CT molecular complexity index is 387. The summed E-state index contributed by atoms with van der Waals surface area (Å²) in [6.07, 6.45) is 5.35. The van der Waals surface area contributed by atoms with E-state index in [0.717, 1.165) is 43.9 Å². The van der Waals surface area contributed by atoms with E-state index in [0.29, 0.717) is 5.22 Å². The molecule has 0 amide bonds. The number of hydrogen-bond donors (Lipinski definition) is 1. The molecule has 1 atom stereocenters. The molecule has 1 aromatic rings. The molecular formula is C13H18ClNO2. The highest BCUT2D eigenvalue weighted by Gasteiger charge is 2.22. The number of hydrogen-bond acceptors (Lipinski definition) is 3. The van der Waals surface area contributed by atoms with Crippen molar-refractivity contribution in [3.63, 3.8) is 0 Å². The van der Waals surface area contributed by atoms with Crippen LogP contribution in [0.25, 0.3) is 0 Å². The van der Waals surface area contributed by atoms with Crippen LogP contribution in [0.3, 0.4) is 0 Å². The second-order valence-corrected chi connectivity index (χ2v) is 4.50. The van der Waals surface area contributed by atoms with Crippen LogP contribution < -0.4 is 5.32 Å². The van der Waals surface area contributed by atoms with Crippen LogP contribution in [0.1, 0.15) is 38.0 Å². The number of ether oxygens (including phenoxy) is 1. The van der Waals surface area contributed by atoms with E-state index in [-0.39, 0.29) is 6.04 Å². The minimum absolute atomic E-state index is 0.0113. The first-order valence-electron chi connectivity index (χ1n) is 6.12. The molecule has 0 saturated heterocycles. The van der Waals surface area contributed by atoms with E-state index in [1.165, 1.54) is 0 Å². The molecule has 0 saturated carbocycles. The lowest BCUT2D eigenvalue weighted by Crippen LogP contribution is -2.25. The summed E-state index contributed by atoms with van der Waals surface area (Å²) in [6.45, 7) is 3.84. The maximum absolute atomic E-state index is 5.82. The number of furan rings is 1. The van der Waals surface area contributed by atoms with E-state index >= 15 is 0 Å². The van der Waals surface area contributed by atoms with Crippen LogP contribution in [0.5, 0.6) is 0 Å². The van der Waals surface area contributed by atoms with Crippen molar-refractivity contribution < 1.29 is 9.15 Å². The van der Waals surface area contributed by atoms with Gasteiger partial charge in [0.2, 0.25) is 0 Å². The van der Waals surface area contributed by atoms with E-state index < -0.39 is 0 Å². The second kappa shape index (κ2) is 6.12. The molecule has 0 aromatic carbocycles. The van der Waals surface area contributed by atoms with Gasteiger partial charge in [-0.05, 0) is 55.6 Å². The summed E-state index contributed by atoms with van der Waals surface area (Å²) in [5.41, 5.74) is 0. The normalized spacial score (nSPS) is 17.4. The van der Waals surface area contributed by atoms with Crippen LogP contribution in [0, 0.1) is 0 Å². The summed E-state index contributed by atoms with van der Waals surface area (Å²) in [7, 11) is 0. The molecule has 1 N–H and O–H groups in total. The summed E-state index contributed by atoms with van der Waals surface area (Å²) < 4.78 is 11.2. The first-order chi connectivity index (χ1) is 8.31. The fraction of sp³-hybridized carbons (Fsp3) is 0.538. The van der Waals surface area contributed by atoms with Gasteiger partial charge in [-0.15, -0.1) is 0 Å². The summed E-state index contributed by atoms with van der Waals surface area (Å²) in [5, 5.41) is 3.84. The van der Waals surface area contributed by atoms with Gasteiger partial charge in [0, 0.05) is 0 Å². The molecule has 0 radical (unpaired) electrons. The van der Waals surface area contributed by atoms with E-state index in [9.17, 15) is 0 Å². The van der Waals surface area contributed by atoms with Crippen LogP contribution in [0.15, 0.2) is 28.4 Å². The van der Waals surface area contributed by atoms with Gasteiger partial charge >= 0.3 is 0 Å². The zero-order valence-corrected chi connectivity index (χ0v) is 10.8. The Morgan fingerprint density at radius 3 is 2.94 bits per heavy atom. The first-order valence-corrected chi connectivity index (χ1v) is 6.50. The third-order valence-corrected chi connectivity index (χ3v) is 2.93. The molecule has 0 aliphatic carbocycles. The number of halogens is 1. The molecule has 2 rings (SSSR count). The number of rotatable bonds is 5. The minimum atomic E-state index is -0.0113. The maximum atomic E-state index is 5.82. The summed E-state index contributed by atoms with van der Waals surface area (Å²) in [4.78, 5) is 0. The van der Waals surface area contributed by atoms with E-state index in [4.69, 9.17) is 20.8 Å². The topological polar surface area (TPSA) is 34.4 Å². The fourth-order valence-electron chi connectivity index (χ4n) is 1.89. The third kappa shape index (κ3) is 3.27. The summed E-state index contributed by atoms with van der Waals surface area (Å²) >= 11 is 5.82. The molecule has 3 nitrogen and oxygen atoms in total. The van der Waals surface area contributed by atoms with Crippen LogP contribution >= 0.6 is 11.6 Å². The van der Waals surface area contributed by atoms with E-state index in [1.54, 1.807) is 6.07 Å². The van der Waals surface area contributed by atoms with Gasteiger partial charge in [-0.1, -0.05) is 6.92 Å². The van der Waals surface area contributed by atoms with Gasteiger partial charge in [0.1, 0.15) is 17.6 Å². The standard InChI is InChI=1S/C13H18ClNO2/c1-2-8-15-13(10-5-3-4-9-16-10)11-6-7-12(14)17-11/h5-7,13,15H,2-4,8-9H2,1H3. The van der Waals surface area contributed by atoms with Crippen molar-refractivity contribution in [2.45, 2.75) is 32.2 Å². The largest absolute Gasteiger partial charge is 0.496 e. The number of nitrogens with one attached hydrogen (secondary N) is 1. The molecule has 94 valence electrons. The zero-order valence-electron chi connectivity index (χ0n) is 10.0. The predicted molar refractivity (Wildman–Crippen MR) is 68.0 cm³/mol. The van der Waals surface area contributed by atoms with Gasteiger partial charge < -0.3 is 14.5 Å². The molecule has 1 aliphatic heterocycles. The Morgan fingerprint density at radius 1 is 1.47 bits per heavy atom. The van der Waals surface area contributed by atoms with Crippen molar-refractivity contribution in [1.29, 1.82) is 0 Å². The highest BCUT2D eigenvalue weighted by atomic mass is 35.5. The van der Waals surface area contributed by atoms with E-state index in [1.807, 2.05) is 6.07 Å². The Balaban J connectivity index is 2.15. The van der Waals surface area contributed by atoms with Gasteiger partial charge in [-0.25, -0.2) is 0 Å². The molecule has 0 fully saturated rings. The lowest BCUT2D eigenvalue weighted by atomic mass is 10.1. The zero-order chi connectivity index (χ0) is 12.1. The highest BCUT2D eigenvalue weighted by molar-refractivity contribution is 6.28. The van der Waals surface area contributed by atoms with Gasteiger partial charge in [-0.3, -0.25) is 0 Å². The Labute approximate surface area is 107 Å². The monoisotopic (exact) mass is 255 g/mol. The Hall–Kier alpha value is -0.930. The second-order valence-electron chi connectivity index (χ2n) is 4.13.